The molecule has 1 aromatic carbocycles. The summed E-state index contributed by atoms with van der Waals surface area (Å²) in [7, 11) is 0. The zero-order valence-corrected chi connectivity index (χ0v) is 18.9. The Morgan fingerprint density at radius 3 is 2.97 bits per heavy atom. The number of nitrogens with zero attached hydrogens (tertiary/aromatic N) is 7. The molecule has 0 amide bonds. The molecule has 0 bridgehead atoms. The number of piperidine rings is 1. The van der Waals surface area contributed by atoms with E-state index in [-0.39, 0.29) is 17.4 Å². The van der Waals surface area contributed by atoms with Gasteiger partial charge in [0, 0.05) is 23.3 Å². The van der Waals surface area contributed by atoms with Crippen molar-refractivity contribution in [3.63, 3.8) is 0 Å². The van der Waals surface area contributed by atoms with Crippen molar-refractivity contribution in [3.05, 3.63) is 36.3 Å². The van der Waals surface area contributed by atoms with E-state index in [4.69, 9.17) is 0 Å². The summed E-state index contributed by atoms with van der Waals surface area (Å²) in [6.45, 7) is 5.70. The third-order valence-electron chi connectivity index (χ3n) is 6.34. The van der Waals surface area contributed by atoms with Crippen molar-refractivity contribution < 1.29 is 4.39 Å². The smallest absolute Gasteiger partial charge is 0.229 e. The van der Waals surface area contributed by atoms with Crippen LogP contribution in [0.25, 0.3) is 5.69 Å². The van der Waals surface area contributed by atoms with Crippen molar-refractivity contribution >= 4 is 30.1 Å². The van der Waals surface area contributed by atoms with Crippen LogP contribution in [-0.4, -0.2) is 59.2 Å². The number of tetrazole rings is 1. The summed E-state index contributed by atoms with van der Waals surface area (Å²) in [4.78, 5) is 11.1. The summed E-state index contributed by atoms with van der Waals surface area (Å²) in [5, 5.41) is 18.2. The Labute approximate surface area is 191 Å². The Bertz CT molecular complexity index is 1120. The van der Waals surface area contributed by atoms with Crippen molar-refractivity contribution in [3.8, 4) is 5.69 Å². The molecule has 2 aliphatic rings. The van der Waals surface area contributed by atoms with Gasteiger partial charge in [-0.25, -0.2) is 9.37 Å². The van der Waals surface area contributed by atoms with Crippen LogP contribution in [0, 0.1) is 5.82 Å². The van der Waals surface area contributed by atoms with Crippen LogP contribution in [0.3, 0.4) is 0 Å². The van der Waals surface area contributed by atoms with Gasteiger partial charge in [0.2, 0.25) is 11.1 Å². The van der Waals surface area contributed by atoms with Gasteiger partial charge in [-0.3, -0.25) is 4.90 Å². The average molecular weight is 456 g/mol. The first kappa shape index (κ1) is 21.1. The lowest BCUT2D eigenvalue weighted by molar-refractivity contribution is 0.0500. The number of thiol groups is 1. The van der Waals surface area contributed by atoms with E-state index < -0.39 is 5.82 Å². The van der Waals surface area contributed by atoms with E-state index in [0.29, 0.717) is 17.1 Å². The number of halogens is 1. The van der Waals surface area contributed by atoms with Gasteiger partial charge in [-0.1, -0.05) is 6.07 Å². The molecule has 0 saturated carbocycles. The summed E-state index contributed by atoms with van der Waals surface area (Å²) < 4.78 is 16.1. The van der Waals surface area contributed by atoms with E-state index in [1.807, 2.05) is 24.3 Å². The van der Waals surface area contributed by atoms with Crippen molar-refractivity contribution in [2.45, 2.75) is 62.3 Å². The molecule has 168 valence electrons. The van der Waals surface area contributed by atoms with E-state index in [2.05, 4.69) is 67.5 Å². The van der Waals surface area contributed by atoms with Crippen molar-refractivity contribution in [2.75, 3.05) is 17.2 Å². The maximum absolute atomic E-state index is 14.6. The molecule has 9 nitrogen and oxygen atoms in total. The molecule has 3 aromatic rings. The highest BCUT2D eigenvalue weighted by Crippen LogP contribution is 2.38. The van der Waals surface area contributed by atoms with Gasteiger partial charge in [-0.2, -0.15) is 9.67 Å². The molecule has 2 fully saturated rings. The number of hydrogen-bond donors (Lipinski definition) is 3. The van der Waals surface area contributed by atoms with E-state index in [0.717, 1.165) is 30.8 Å². The van der Waals surface area contributed by atoms with Gasteiger partial charge >= 0.3 is 0 Å². The van der Waals surface area contributed by atoms with E-state index >= 15 is 0 Å². The quantitative estimate of drug-likeness (QED) is 0.504. The van der Waals surface area contributed by atoms with Crippen molar-refractivity contribution in [2.24, 2.45) is 0 Å². The lowest BCUT2D eigenvalue weighted by atomic mass is 9.84. The molecule has 0 radical (unpaired) electrons. The second-order valence-electron chi connectivity index (χ2n) is 9.04. The number of aromatic nitrogens is 6. The van der Waals surface area contributed by atoms with Gasteiger partial charge in [0.1, 0.15) is 0 Å². The number of nitrogens with one attached hydrogen (secondary N) is 2. The summed E-state index contributed by atoms with van der Waals surface area (Å²) in [6, 6.07) is 8.13. The topological polar surface area (TPSA) is 96.7 Å². The number of fused-ring (bicyclic) bond motifs is 1. The van der Waals surface area contributed by atoms with E-state index in [9.17, 15) is 4.39 Å². The number of rotatable bonds is 5. The molecule has 0 spiro atoms. The van der Waals surface area contributed by atoms with Gasteiger partial charge in [0.15, 0.2) is 11.6 Å². The fourth-order valence-electron chi connectivity index (χ4n) is 5.04. The molecule has 2 aromatic heterocycles. The highest BCUT2D eigenvalue weighted by molar-refractivity contribution is 7.80. The Kier molecular flexibility index (Phi) is 5.46. The van der Waals surface area contributed by atoms with Crippen LogP contribution in [-0.2, 0) is 0 Å². The van der Waals surface area contributed by atoms with Gasteiger partial charge in [-0.15, -0.1) is 17.7 Å². The minimum absolute atomic E-state index is 0.0875. The average Bonchev–Trinajstić information content (AvgIpc) is 3.40. The molecule has 2 N–H and O–H groups in total. The molecule has 2 aliphatic heterocycles. The van der Waals surface area contributed by atoms with Crippen LogP contribution >= 0.6 is 12.6 Å². The maximum atomic E-state index is 14.6. The lowest BCUT2D eigenvalue weighted by Crippen LogP contribution is -2.55. The van der Waals surface area contributed by atoms with Crippen molar-refractivity contribution in [1.82, 2.24) is 35.1 Å². The zero-order valence-electron chi connectivity index (χ0n) is 18.0. The molecule has 11 heteroatoms. The highest BCUT2D eigenvalue weighted by atomic mass is 32.1. The van der Waals surface area contributed by atoms with Gasteiger partial charge in [0.05, 0.1) is 11.9 Å². The minimum atomic E-state index is -0.454. The van der Waals surface area contributed by atoms with Crippen LogP contribution in [0.4, 0.5) is 21.8 Å². The third-order valence-corrected chi connectivity index (χ3v) is 6.62. The maximum Gasteiger partial charge on any atom is 0.229 e. The minimum Gasteiger partial charge on any atom is -0.365 e. The summed E-state index contributed by atoms with van der Waals surface area (Å²) in [5.41, 5.74) is 1.55. The Morgan fingerprint density at radius 1 is 1.28 bits per heavy atom. The van der Waals surface area contributed by atoms with Gasteiger partial charge in [0.25, 0.3) is 0 Å². The zero-order chi connectivity index (χ0) is 22.3. The first-order valence-electron chi connectivity index (χ1n) is 10.8. The second-order valence-corrected chi connectivity index (χ2v) is 9.44. The SMILES string of the molecule is CC1(C)C[C@H](Nc2nc(Nc3cccc(-n4nnnc4S)c3)ncc2F)C[C@@H]2CCCN21. The highest BCUT2D eigenvalue weighted by Gasteiger charge is 2.43. The predicted octanol–water partition coefficient (Wildman–Crippen LogP) is 3.44. The molecule has 32 heavy (non-hydrogen) atoms. The van der Waals surface area contributed by atoms with Crippen LogP contribution in [0.1, 0.15) is 39.5 Å². The van der Waals surface area contributed by atoms with Crippen LogP contribution in [0.2, 0.25) is 0 Å². The summed E-state index contributed by atoms with van der Waals surface area (Å²) in [5.74, 6) is 0.0832. The third kappa shape index (κ3) is 4.14. The van der Waals surface area contributed by atoms with E-state index in [1.54, 1.807) is 0 Å². The lowest BCUT2D eigenvalue weighted by Gasteiger charge is -2.47. The predicted molar refractivity (Wildman–Crippen MR) is 122 cm³/mol. The van der Waals surface area contributed by atoms with E-state index in [1.165, 1.54) is 23.7 Å². The molecule has 4 heterocycles. The fourth-order valence-corrected chi connectivity index (χ4v) is 5.23. The summed E-state index contributed by atoms with van der Waals surface area (Å²) in [6.07, 6.45) is 5.57. The van der Waals surface area contributed by atoms with Gasteiger partial charge < -0.3 is 10.6 Å². The Balaban J connectivity index is 1.33. The largest absolute Gasteiger partial charge is 0.365 e. The van der Waals surface area contributed by atoms with Crippen LogP contribution in [0.5, 0.6) is 0 Å². The molecular formula is C21H26FN9S. The molecule has 0 aliphatic carbocycles. The summed E-state index contributed by atoms with van der Waals surface area (Å²) >= 11 is 4.25. The monoisotopic (exact) mass is 455 g/mol. The Hall–Kier alpha value is -2.79. The molecule has 2 atom stereocenters. The number of benzene rings is 1. The molecular weight excluding hydrogens is 429 g/mol. The molecule has 2 saturated heterocycles. The normalized spacial score (nSPS) is 22.5. The van der Waals surface area contributed by atoms with Gasteiger partial charge in [-0.05, 0) is 74.7 Å². The first-order chi connectivity index (χ1) is 15.4. The number of hydrogen-bond acceptors (Lipinski definition) is 9. The molecule has 0 unspecified atom stereocenters. The fraction of sp³-hybridized carbons (Fsp3) is 0.476. The van der Waals surface area contributed by atoms with Crippen LogP contribution in [0.15, 0.2) is 35.6 Å². The van der Waals surface area contributed by atoms with Crippen molar-refractivity contribution in [1.29, 1.82) is 0 Å². The second kappa shape index (κ2) is 8.28. The first-order valence-corrected chi connectivity index (χ1v) is 11.2. The van der Waals surface area contributed by atoms with Crippen LogP contribution < -0.4 is 10.6 Å². The number of anilines is 3. The standard InChI is InChI=1S/C21H26FN9S/c1-21(2)11-14(10-15-7-4-8-30(15)21)24-18-17(22)12-23-19(26-18)25-13-5-3-6-16(9-13)31-20(32)27-28-29-31/h3,5-6,9,12,14-15H,4,7-8,10-11H2,1-2H3,(H,27,29,32)(H2,23,24,25,26)/t14-,15+/m1/s1. The Morgan fingerprint density at radius 2 is 2.16 bits per heavy atom. The molecule has 5 rings (SSSR count).